The van der Waals surface area contributed by atoms with Gasteiger partial charge in [-0.15, -0.1) is 11.6 Å². The molecule has 3 aromatic rings. The Morgan fingerprint density at radius 2 is 1.19 bits per heavy atom. The lowest BCUT2D eigenvalue weighted by molar-refractivity contribution is -0.333. The van der Waals surface area contributed by atoms with Crippen molar-refractivity contribution in [1.82, 2.24) is 9.80 Å². The Morgan fingerprint density at radius 3 is 1.63 bits per heavy atom. The number of carbonyl (C=O) groups is 6. The van der Waals surface area contributed by atoms with Gasteiger partial charge in [0, 0.05) is 18.9 Å². The topological polar surface area (TPSA) is 222 Å². The van der Waals surface area contributed by atoms with Crippen LogP contribution in [0.1, 0.15) is 60.8 Å². The van der Waals surface area contributed by atoms with Gasteiger partial charge in [0.1, 0.15) is 55.0 Å². The Morgan fingerprint density at radius 1 is 0.716 bits per heavy atom. The van der Waals surface area contributed by atoms with E-state index in [2.05, 4.69) is 10.0 Å². The van der Waals surface area contributed by atoms with Crippen LogP contribution in [0.15, 0.2) is 35.4 Å². The van der Waals surface area contributed by atoms with Crippen LogP contribution in [0.5, 0.6) is 0 Å². The number of methoxy groups -OCH3 is 1. The summed E-state index contributed by atoms with van der Waals surface area (Å²) in [6.45, 7) is 1.46. The number of imide groups is 2. The molecule has 10 atom stereocenters. The third-order valence-corrected chi connectivity index (χ3v) is 14.9. The molecule has 4 aliphatic rings. The van der Waals surface area contributed by atoms with E-state index in [0.29, 0.717) is 15.4 Å². The molecule has 7 rings (SSSR count). The number of azide groups is 1. The van der Waals surface area contributed by atoms with Crippen molar-refractivity contribution in [3.63, 3.8) is 0 Å². The summed E-state index contributed by atoms with van der Waals surface area (Å²) in [4.78, 5) is 88.0. The van der Waals surface area contributed by atoms with Gasteiger partial charge in [-0.3, -0.25) is 38.6 Å². The number of hydrogen-bond donors (Lipinski definition) is 0. The second-order valence-corrected chi connectivity index (χ2v) is 18.2. The van der Waals surface area contributed by atoms with Crippen molar-refractivity contribution in [3.8, 4) is 0 Å². The molecule has 0 unspecified atom stereocenters. The van der Waals surface area contributed by atoms with Crippen molar-refractivity contribution in [2.45, 2.75) is 81.7 Å². The number of hydrogen-bond acceptors (Lipinski definition) is 14. The first-order chi connectivity index (χ1) is 31.8. The molecule has 0 radical (unpaired) electrons. The smallest absolute Gasteiger partial charge is 0.320 e. The maximum absolute atomic E-state index is 14.6. The number of benzene rings is 3. The van der Waals surface area contributed by atoms with Crippen LogP contribution >= 0.6 is 104 Å². The molecule has 0 bridgehead atoms. The summed E-state index contributed by atoms with van der Waals surface area (Å²) < 4.78 is 43.0. The van der Waals surface area contributed by atoms with E-state index in [-0.39, 0.29) is 26.7 Å². The second-order valence-electron chi connectivity index (χ2n) is 14.9. The molecule has 0 N–H and O–H groups in total. The lowest BCUT2D eigenvalue weighted by Crippen LogP contribution is -2.70. The van der Waals surface area contributed by atoms with Crippen LogP contribution in [0.25, 0.3) is 10.4 Å². The molecule has 67 heavy (non-hydrogen) atoms. The van der Waals surface area contributed by atoms with Crippen LogP contribution in [0.3, 0.4) is 0 Å². The van der Waals surface area contributed by atoms with E-state index in [1.54, 1.807) is 30.3 Å². The van der Waals surface area contributed by atoms with Crippen molar-refractivity contribution in [3.05, 3.63) is 109 Å². The molecular formula is C40H30Cl9N5O13. The fourth-order valence-corrected chi connectivity index (χ4v) is 10.3. The summed E-state index contributed by atoms with van der Waals surface area (Å²) in [5, 5.41) is 0.672. The Labute approximate surface area is 424 Å². The summed E-state index contributed by atoms with van der Waals surface area (Å²) in [6.07, 6.45) is -11.5. The number of fused-ring (bicyclic) bond motifs is 2. The molecular weight excluding hydrogens is 1080 g/mol. The average molecular weight is 1110 g/mol. The highest BCUT2D eigenvalue weighted by Gasteiger charge is 2.61. The molecule has 0 aliphatic carbocycles. The van der Waals surface area contributed by atoms with Gasteiger partial charge in [0.25, 0.3) is 23.6 Å². The van der Waals surface area contributed by atoms with E-state index in [4.69, 9.17) is 138 Å². The van der Waals surface area contributed by atoms with Gasteiger partial charge >= 0.3 is 11.9 Å². The molecule has 356 valence electrons. The minimum atomic E-state index is -1.97. The number of carbonyl (C=O) groups excluding carboxylic acids is 6. The maximum Gasteiger partial charge on any atom is 0.320 e. The summed E-state index contributed by atoms with van der Waals surface area (Å²) >= 11 is 57.2. The summed E-state index contributed by atoms with van der Waals surface area (Å²) in [5.74, 6) is -6.92. The van der Waals surface area contributed by atoms with Crippen LogP contribution in [0, 0.1) is 0 Å². The average Bonchev–Trinajstić information content (AvgIpc) is 3.72. The van der Waals surface area contributed by atoms with E-state index in [0.717, 1.165) is 6.92 Å². The van der Waals surface area contributed by atoms with Gasteiger partial charge in [-0.25, -0.2) is 0 Å². The number of amides is 4. The van der Waals surface area contributed by atoms with Crippen LogP contribution < -0.4 is 0 Å². The number of esters is 2. The van der Waals surface area contributed by atoms with Crippen molar-refractivity contribution < 1.29 is 61.9 Å². The van der Waals surface area contributed by atoms with Gasteiger partial charge in [-0.05, 0) is 18.0 Å². The molecule has 2 fully saturated rings. The molecule has 4 aliphatic heterocycles. The van der Waals surface area contributed by atoms with Crippen molar-refractivity contribution in [2.75, 3.05) is 19.6 Å². The van der Waals surface area contributed by atoms with Crippen molar-refractivity contribution in [2.24, 2.45) is 5.11 Å². The van der Waals surface area contributed by atoms with Crippen molar-refractivity contribution >= 4 is 140 Å². The lowest BCUT2D eigenvalue weighted by Gasteiger charge is -2.51. The molecule has 4 heterocycles. The van der Waals surface area contributed by atoms with Gasteiger partial charge in [-0.2, -0.15) is 0 Å². The van der Waals surface area contributed by atoms with Crippen molar-refractivity contribution in [1.29, 1.82) is 0 Å². The van der Waals surface area contributed by atoms with E-state index < -0.39 is 152 Å². The van der Waals surface area contributed by atoms with E-state index in [1.165, 1.54) is 14.0 Å². The highest BCUT2D eigenvalue weighted by atomic mass is 35.5. The van der Waals surface area contributed by atoms with E-state index in [1.807, 2.05) is 0 Å². The summed E-state index contributed by atoms with van der Waals surface area (Å²) in [6, 6.07) is 3.48. The Balaban J connectivity index is 1.42. The zero-order valence-corrected chi connectivity index (χ0v) is 41.0. The number of ether oxygens (including phenoxy) is 7. The Kier molecular flexibility index (Phi) is 16.1. The predicted octanol–water partition coefficient (Wildman–Crippen LogP) is 9.02. The van der Waals surface area contributed by atoms with Crippen LogP contribution in [0.4, 0.5) is 0 Å². The molecule has 0 aromatic heterocycles. The van der Waals surface area contributed by atoms with Crippen LogP contribution in [-0.4, -0.2) is 126 Å². The van der Waals surface area contributed by atoms with E-state index in [9.17, 15) is 34.3 Å². The van der Waals surface area contributed by atoms with Gasteiger partial charge < -0.3 is 33.2 Å². The minimum Gasteiger partial charge on any atom is -0.462 e. The molecule has 0 saturated carbocycles. The molecule has 0 spiro atoms. The zero-order chi connectivity index (χ0) is 48.9. The highest BCUT2D eigenvalue weighted by Crippen LogP contribution is 2.49. The SMILES string of the molecule is CO[C@H]1O[C@H](COC(=O)CCl)[C@@H](O[C@@H]2O[C@H](C)[C@H](N=[N+]=[N-])[C@H](OC(C)=O)[C@H]2N2C(=O)c3c(Cl)c(Cl)c(Cl)c(Cl)c3C2=O)[C@@H](OCc2ccccc2)[C@@H]1N1C(=O)c2c(Cl)c(Cl)c(Cl)c(Cl)c2C1=O. The third-order valence-electron chi connectivity index (χ3n) is 11.1. The first-order valence-corrected chi connectivity index (χ1v) is 22.9. The molecule has 2 saturated heterocycles. The molecule has 27 heteroatoms. The first-order valence-electron chi connectivity index (χ1n) is 19.4. The van der Waals surface area contributed by atoms with Gasteiger partial charge in [0.05, 0.1) is 75.1 Å². The number of halogens is 9. The van der Waals surface area contributed by atoms with Crippen LogP contribution in [-0.2, 0) is 49.4 Å². The monoisotopic (exact) mass is 1100 g/mol. The molecule has 3 aromatic carbocycles. The largest absolute Gasteiger partial charge is 0.462 e. The van der Waals surface area contributed by atoms with E-state index >= 15 is 0 Å². The fourth-order valence-electron chi connectivity index (χ4n) is 8.18. The quantitative estimate of drug-likeness (QED) is 0.0228. The fraction of sp³-hybridized carbons (Fsp3) is 0.400. The normalized spacial score (nSPS) is 26.9. The van der Waals surface area contributed by atoms with Gasteiger partial charge in [0.2, 0.25) is 0 Å². The minimum absolute atomic E-state index is 0.272. The third kappa shape index (κ3) is 9.26. The van der Waals surface area contributed by atoms with Gasteiger partial charge in [-0.1, -0.05) is 128 Å². The standard InChI is InChI=1S/C40H30Cl9N5O13/c1-12-29(51-52-50)33(65-13(2)55)30(53-35(57)17-18(36(53)58)22(43)26(47)25(46)21(17)42)40(64-12)67-32-15(11-62-16(56)9-41)66-39(61-3)31(34(32)63-10-14-7-5-4-6-8-14)54-37(59)19-20(38(54)60)24(45)28(49)27(48)23(19)44/h4-8,12,15,29-34,39-40H,9-11H2,1-3H3/t12-,15-,29+,30-,31+,32-,33+,34+,39+,40+/m1/s1. The lowest BCUT2D eigenvalue weighted by atomic mass is 9.92. The number of nitrogens with zero attached hydrogens (tertiary/aromatic N) is 5. The van der Waals surface area contributed by atoms with Gasteiger partial charge in [0.15, 0.2) is 12.6 Å². The highest BCUT2D eigenvalue weighted by molar-refractivity contribution is 6.56. The second kappa shape index (κ2) is 20.9. The maximum atomic E-state index is 14.6. The first kappa shape index (κ1) is 51.5. The molecule has 18 nitrogen and oxygen atoms in total. The number of alkyl halides is 1. The van der Waals surface area contributed by atoms with Crippen LogP contribution in [0.2, 0.25) is 40.2 Å². The molecule has 4 amide bonds. The predicted molar refractivity (Wildman–Crippen MR) is 242 cm³/mol. The Bertz CT molecular complexity index is 2530. The number of rotatable bonds is 13. The summed E-state index contributed by atoms with van der Waals surface area (Å²) in [7, 11) is 1.18. The summed E-state index contributed by atoms with van der Waals surface area (Å²) in [5.41, 5.74) is 8.42. The zero-order valence-electron chi connectivity index (χ0n) is 34.2. The Hall–Kier alpha value is -3.40.